The Balaban J connectivity index is 1.62. The van der Waals surface area contributed by atoms with Crippen LogP contribution < -0.4 is 10.6 Å². The van der Waals surface area contributed by atoms with Crippen molar-refractivity contribution in [3.63, 3.8) is 0 Å². The molecule has 4 rings (SSSR count). The molecule has 2 N–H and O–H groups in total. The van der Waals surface area contributed by atoms with Crippen LogP contribution in [0.15, 0.2) is 69.9 Å². The number of carbonyl (C=O) groups excluding carboxylic acids is 3. The third kappa shape index (κ3) is 5.57. The maximum atomic E-state index is 13.6. The van der Waals surface area contributed by atoms with E-state index < -0.39 is 17.9 Å². The van der Waals surface area contributed by atoms with E-state index in [0.29, 0.717) is 5.76 Å². The predicted octanol–water partition coefficient (Wildman–Crippen LogP) is 3.74. The van der Waals surface area contributed by atoms with Crippen LogP contribution in [-0.2, 0) is 16.1 Å². The Morgan fingerprint density at radius 3 is 2.41 bits per heavy atom. The lowest BCUT2D eigenvalue weighted by Crippen LogP contribution is -2.48. The Hall–Kier alpha value is -3.81. The van der Waals surface area contributed by atoms with Crippen molar-refractivity contribution >= 4 is 17.7 Å². The van der Waals surface area contributed by atoms with E-state index in [4.69, 9.17) is 8.83 Å². The maximum Gasteiger partial charge on any atom is 0.287 e. The number of furan rings is 2. The number of benzene rings is 1. The van der Waals surface area contributed by atoms with E-state index in [2.05, 4.69) is 10.6 Å². The number of hydrogen-bond donors (Lipinski definition) is 2. The van der Waals surface area contributed by atoms with Crippen molar-refractivity contribution in [2.24, 2.45) is 0 Å². The topological polar surface area (TPSA) is 105 Å². The van der Waals surface area contributed by atoms with Gasteiger partial charge in [0.05, 0.1) is 25.6 Å². The molecule has 178 valence electrons. The molecule has 2 heterocycles. The van der Waals surface area contributed by atoms with E-state index in [1.807, 2.05) is 31.2 Å². The normalized spacial score (nSPS) is 14.5. The number of rotatable bonds is 9. The standard InChI is InChI=1S/C26H29N3O5/c1-18-8-2-5-12-21(18)24(26(32)28-19-9-3-4-10-19)29(17-20-11-6-14-33-20)23(30)16-27-25(31)22-13-7-15-34-22/h2,5-8,11-15,19,24H,3-4,9-10,16-17H2,1H3,(H,27,31)(H,28,32)/t24-/m0/s1. The van der Waals surface area contributed by atoms with Gasteiger partial charge in [-0.2, -0.15) is 0 Å². The van der Waals surface area contributed by atoms with Crippen LogP contribution in [0.25, 0.3) is 0 Å². The van der Waals surface area contributed by atoms with Gasteiger partial charge in [-0.05, 0) is 55.2 Å². The zero-order valence-electron chi connectivity index (χ0n) is 19.2. The first-order chi connectivity index (χ1) is 16.5. The molecular formula is C26H29N3O5. The maximum absolute atomic E-state index is 13.6. The van der Waals surface area contributed by atoms with Crippen LogP contribution >= 0.6 is 0 Å². The highest BCUT2D eigenvalue weighted by Gasteiger charge is 2.34. The van der Waals surface area contributed by atoms with Gasteiger partial charge >= 0.3 is 0 Å². The molecule has 0 unspecified atom stereocenters. The van der Waals surface area contributed by atoms with E-state index in [1.54, 1.807) is 18.2 Å². The van der Waals surface area contributed by atoms with Crippen LogP contribution in [0, 0.1) is 6.92 Å². The molecule has 0 saturated heterocycles. The van der Waals surface area contributed by atoms with Crippen molar-refractivity contribution in [1.82, 2.24) is 15.5 Å². The van der Waals surface area contributed by atoms with Gasteiger partial charge in [-0.25, -0.2) is 0 Å². The molecule has 1 saturated carbocycles. The summed E-state index contributed by atoms with van der Waals surface area (Å²) in [4.78, 5) is 40.9. The van der Waals surface area contributed by atoms with Crippen molar-refractivity contribution in [1.29, 1.82) is 0 Å². The fourth-order valence-corrected chi connectivity index (χ4v) is 4.34. The Morgan fingerprint density at radius 1 is 1.00 bits per heavy atom. The molecule has 1 fully saturated rings. The highest BCUT2D eigenvalue weighted by molar-refractivity contribution is 5.95. The Labute approximate surface area is 198 Å². The van der Waals surface area contributed by atoms with E-state index in [-0.39, 0.29) is 30.8 Å². The number of hydrogen-bond acceptors (Lipinski definition) is 5. The second-order valence-corrected chi connectivity index (χ2v) is 8.51. The first-order valence-electron chi connectivity index (χ1n) is 11.5. The minimum atomic E-state index is -0.875. The number of carbonyl (C=O) groups is 3. The van der Waals surface area contributed by atoms with Gasteiger partial charge in [0.25, 0.3) is 5.91 Å². The fourth-order valence-electron chi connectivity index (χ4n) is 4.34. The van der Waals surface area contributed by atoms with Gasteiger partial charge < -0.3 is 24.4 Å². The summed E-state index contributed by atoms with van der Waals surface area (Å²) < 4.78 is 10.6. The van der Waals surface area contributed by atoms with Crippen molar-refractivity contribution in [3.05, 3.63) is 83.7 Å². The highest BCUT2D eigenvalue weighted by Crippen LogP contribution is 2.28. The predicted molar refractivity (Wildman–Crippen MR) is 125 cm³/mol. The molecule has 0 bridgehead atoms. The molecule has 8 heteroatoms. The fraction of sp³-hybridized carbons (Fsp3) is 0.346. The molecule has 3 aromatic rings. The van der Waals surface area contributed by atoms with E-state index >= 15 is 0 Å². The molecule has 3 amide bonds. The van der Waals surface area contributed by atoms with Gasteiger partial charge in [0, 0.05) is 6.04 Å². The molecule has 0 aliphatic heterocycles. The second-order valence-electron chi connectivity index (χ2n) is 8.51. The van der Waals surface area contributed by atoms with E-state index in [1.165, 1.54) is 23.5 Å². The van der Waals surface area contributed by atoms with E-state index in [0.717, 1.165) is 36.8 Å². The molecule has 1 aromatic carbocycles. The molecule has 1 aliphatic rings. The van der Waals surface area contributed by atoms with Crippen molar-refractivity contribution in [3.8, 4) is 0 Å². The summed E-state index contributed by atoms with van der Waals surface area (Å²) in [5, 5.41) is 5.73. The minimum absolute atomic E-state index is 0.0829. The Bertz CT molecular complexity index is 1100. The molecule has 0 radical (unpaired) electrons. The molecule has 1 aliphatic carbocycles. The number of nitrogens with zero attached hydrogens (tertiary/aromatic N) is 1. The average Bonchev–Trinajstić information content (AvgIpc) is 3.62. The van der Waals surface area contributed by atoms with Gasteiger partial charge in [-0.3, -0.25) is 14.4 Å². The van der Waals surface area contributed by atoms with Crippen LogP contribution in [0.2, 0.25) is 0 Å². The summed E-state index contributed by atoms with van der Waals surface area (Å²) in [5.41, 5.74) is 1.63. The van der Waals surface area contributed by atoms with Crippen LogP contribution in [-0.4, -0.2) is 35.2 Å². The zero-order valence-corrected chi connectivity index (χ0v) is 19.2. The Kier molecular flexibility index (Phi) is 7.47. The lowest BCUT2D eigenvalue weighted by atomic mass is 9.98. The summed E-state index contributed by atoms with van der Waals surface area (Å²) in [6.45, 7) is 1.71. The SMILES string of the molecule is Cc1ccccc1[C@@H](C(=O)NC1CCCC1)N(Cc1ccco1)C(=O)CNC(=O)c1ccco1. The summed E-state index contributed by atoms with van der Waals surface area (Å²) in [6.07, 6.45) is 6.93. The van der Waals surface area contributed by atoms with Crippen LogP contribution in [0.5, 0.6) is 0 Å². The molecular weight excluding hydrogens is 434 g/mol. The largest absolute Gasteiger partial charge is 0.467 e. The van der Waals surface area contributed by atoms with Crippen LogP contribution in [0.4, 0.5) is 0 Å². The van der Waals surface area contributed by atoms with Crippen LogP contribution in [0.3, 0.4) is 0 Å². The molecule has 0 spiro atoms. The van der Waals surface area contributed by atoms with Crippen molar-refractivity contribution in [2.45, 2.75) is 51.2 Å². The molecule has 1 atom stereocenters. The lowest BCUT2D eigenvalue weighted by Gasteiger charge is -2.32. The second kappa shape index (κ2) is 10.9. The summed E-state index contributed by atoms with van der Waals surface area (Å²) in [6, 6.07) is 13.4. The number of amides is 3. The van der Waals surface area contributed by atoms with Gasteiger partial charge in [-0.15, -0.1) is 0 Å². The molecule has 2 aromatic heterocycles. The third-order valence-corrected chi connectivity index (χ3v) is 6.12. The molecule has 34 heavy (non-hydrogen) atoms. The van der Waals surface area contributed by atoms with Gasteiger partial charge in [0.1, 0.15) is 11.8 Å². The summed E-state index contributed by atoms with van der Waals surface area (Å²) >= 11 is 0. The molecule has 8 nitrogen and oxygen atoms in total. The zero-order chi connectivity index (χ0) is 23.9. The average molecular weight is 464 g/mol. The van der Waals surface area contributed by atoms with Gasteiger partial charge in [-0.1, -0.05) is 37.1 Å². The first kappa shape index (κ1) is 23.4. The van der Waals surface area contributed by atoms with E-state index in [9.17, 15) is 14.4 Å². The van der Waals surface area contributed by atoms with Crippen LogP contribution in [0.1, 0.15) is 59.2 Å². The van der Waals surface area contributed by atoms with Gasteiger partial charge in [0.2, 0.25) is 11.8 Å². The number of aryl methyl sites for hydroxylation is 1. The summed E-state index contributed by atoms with van der Waals surface area (Å²) in [7, 11) is 0. The quantitative estimate of drug-likeness (QED) is 0.503. The van der Waals surface area contributed by atoms with Gasteiger partial charge in [0.15, 0.2) is 5.76 Å². The monoisotopic (exact) mass is 463 g/mol. The lowest BCUT2D eigenvalue weighted by molar-refractivity contribution is -0.141. The first-order valence-corrected chi connectivity index (χ1v) is 11.5. The Morgan fingerprint density at radius 2 is 1.74 bits per heavy atom. The number of nitrogens with one attached hydrogen (secondary N) is 2. The third-order valence-electron chi connectivity index (χ3n) is 6.12. The minimum Gasteiger partial charge on any atom is -0.467 e. The van der Waals surface area contributed by atoms with Crippen molar-refractivity contribution < 1.29 is 23.2 Å². The van der Waals surface area contributed by atoms with Crippen molar-refractivity contribution in [2.75, 3.05) is 6.54 Å². The summed E-state index contributed by atoms with van der Waals surface area (Å²) in [5.74, 6) is -0.499. The smallest absolute Gasteiger partial charge is 0.287 e. The highest BCUT2D eigenvalue weighted by atomic mass is 16.3.